The minimum absolute atomic E-state index is 0. The van der Waals surface area contributed by atoms with Crippen molar-refractivity contribution in [1.29, 1.82) is 0 Å². The molecule has 0 saturated heterocycles. The molecule has 7 heteroatoms. The minimum Gasteiger partial charge on any atom is -0.309 e. The molecular formula is C12H20ClN3O2S. The molecule has 1 heterocycles. The molecule has 0 radical (unpaired) electrons. The summed E-state index contributed by atoms with van der Waals surface area (Å²) in [6.07, 6.45) is 0.783. The van der Waals surface area contributed by atoms with Crippen molar-refractivity contribution in [2.45, 2.75) is 33.0 Å². The predicted octanol–water partition coefficient (Wildman–Crippen LogP) is 1.05. The van der Waals surface area contributed by atoms with Gasteiger partial charge in [0.1, 0.15) is 0 Å². The molecular weight excluding hydrogens is 286 g/mol. The van der Waals surface area contributed by atoms with E-state index in [9.17, 15) is 8.42 Å². The standard InChI is InChI=1S/C12H19N3O2S.ClH/c1-2-5-14-18(16,17)15-7-10-3-4-11-8-13-9-12(11)6-10;/h3-4,6,13-15H,2,5,7-9H2,1H3;1H. The van der Waals surface area contributed by atoms with E-state index in [0.717, 1.165) is 25.1 Å². The van der Waals surface area contributed by atoms with Gasteiger partial charge < -0.3 is 5.32 Å². The topological polar surface area (TPSA) is 70.2 Å². The highest BCUT2D eigenvalue weighted by molar-refractivity contribution is 7.87. The summed E-state index contributed by atoms with van der Waals surface area (Å²) in [4.78, 5) is 0. The normalized spacial score (nSPS) is 13.9. The molecule has 2 rings (SSSR count). The molecule has 1 aliphatic rings. The van der Waals surface area contributed by atoms with Crippen LogP contribution < -0.4 is 14.8 Å². The molecule has 0 aliphatic carbocycles. The lowest BCUT2D eigenvalue weighted by Gasteiger charge is -2.08. The Bertz CT molecular complexity index is 520. The quantitative estimate of drug-likeness (QED) is 0.735. The SMILES string of the molecule is CCCNS(=O)(=O)NCc1ccc2c(c1)CNC2.Cl. The molecule has 108 valence electrons. The lowest BCUT2D eigenvalue weighted by Crippen LogP contribution is -2.36. The van der Waals surface area contributed by atoms with Gasteiger partial charge in [0.05, 0.1) is 0 Å². The summed E-state index contributed by atoms with van der Waals surface area (Å²) in [6, 6.07) is 6.07. The fraction of sp³-hybridized carbons (Fsp3) is 0.500. The smallest absolute Gasteiger partial charge is 0.277 e. The first kappa shape index (κ1) is 16.4. The van der Waals surface area contributed by atoms with Gasteiger partial charge in [0.2, 0.25) is 0 Å². The number of hydrogen-bond acceptors (Lipinski definition) is 3. The highest BCUT2D eigenvalue weighted by Crippen LogP contribution is 2.16. The third-order valence-electron chi connectivity index (χ3n) is 2.91. The van der Waals surface area contributed by atoms with Crippen LogP contribution in [-0.2, 0) is 29.8 Å². The third kappa shape index (κ3) is 4.74. The average molecular weight is 306 g/mol. The fourth-order valence-corrected chi connectivity index (χ4v) is 2.86. The Balaban J connectivity index is 0.00000180. The van der Waals surface area contributed by atoms with Gasteiger partial charge in [0.15, 0.2) is 0 Å². The molecule has 3 N–H and O–H groups in total. The zero-order valence-electron chi connectivity index (χ0n) is 10.9. The third-order valence-corrected chi connectivity index (χ3v) is 4.02. The number of halogens is 1. The van der Waals surface area contributed by atoms with Crippen LogP contribution in [0.5, 0.6) is 0 Å². The van der Waals surface area contributed by atoms with E-state index >= 15 is 0 Å². The van der Waals surface area contributed by atoms with Crippen molar-refractivity contribution in [1.82, 2.24) is 14.8 Å². The van der Waals surface area contributed by atoms with Gasteiger partial charge in [-0.25, -0.2) is 4.72 Å². The van der Waals surface area contributed by atoms with Crippen LogP contribution in [-0.4, -0.2) is 15.0 Å². The summed E-state index contributed by atoms with van der Waals surface area (Å²) in [7, 11) is -3.37. The monoisotopic (exact) mass is 305 g/mol. The highest BCUT2D eigenvalue weighted by atomic mass is 35.5. The van der Waals surface area contributed by atoms with Crippen molar-refractivity contribution in [2.75, 3.05) is 6.54 Å². The Kier molecular flexibility index (Phi) is 6.22. The van der Waals surface area contributed by atoms with Crippen LogP contribution in [0.2, 0.25) is 0 Å². The molecule has 0 spiro atoms. The van der Waals surface area contributed by atoms with Gasteiger partial charge in [0.25, 0.3) is 10.2 Å². The van der Waals surface area contributed by atoms with E-state index in [1.54, 1.807) is 0 Å². The van der Waals surface area contributed by atoms with Crippen molar-refractivity contribution < 1.29 is 8.42 Å². The first-order chi connectivity index (χ1) is 8.61. The number of hydrogen-bond donors (Lipinski definition) is 3. The van der Waals surface area contributed by atoms with E-state index in [0.29, 0.717) is 13.1 Å². The largest absolute Gasteiger partial charge is 0.309 e. The van der Waals surface area contributed by atoms with Crippen molar-refractivity contribution in [3.05, 3.63) is 34.9 Å². The van der Waals surface area contributed by atoms with Crippen molar-refractivity contribution >= 4 is 22.6 Å². The molecule has 0 bridgehead atoms. The van der Waals surface area contributed by atoms with Gasteiger partial charge in [-0.3, -0.25) is 0 Å². The fourth-order valence-electron chi connectivity index (χ4n) is 1.92. The molecule has 0 unspecified atom stereocenters. The Labute approximate surface area is 120 Å². The second-order valence-electron chi connectivity index (χ2n) is 4.43. The van der Waals surface area contributed by atoms with Crippen LogP contribution in [0.25, 0.3) is 0 Å². The summed E-state index contributed by atoms with van der Waals surface area (Å²) in [5.41, 5.74) is 3.54. The van der Waals surface area contributed by atoms with Crippen LogP contribution in [0.4, 0.5) is 0 Å². The van der Waals surface area contributed by atoms with Crippen molar-refractivity contribution in [2.24, 2.45) is 0 Å². The molecule has 1 aromatic rings. The van der Waals surface area contributed by atoms with Gasteiger partial charge in [-0.2, -0.15) is 13.1 Å². The number of benzene rings is 1. The summed E-state index contributed by atoms with van der Waals surface area (Å²) in [5, 5.41) is 3.26. The van der Waals surface area contributed by atoms with Crippen molar-refractivity contribution in [3.8, 4) is 0 Å². The summed E-state index contributed by atoms with van der Waals surface area (Å²) in [5.74, 6) is 0. The van der Waals surface area contributed by atoms with Crippen LogP contribution in [0.3, 0.4) is 0 Å². The van der Waals surface area contributed by atoms with Crippen LogP contribution in [0, 0.1) is 0 Å². The van der Waals surface area contributed by atoms with Crippen LogP contribution in [0.1, 0.15) is 30.0 Å². The summed E-state index contributed by atoms with van der Waals surface area (Å²) in [6.45, 7) is 4.48. The maximum atomic E-state index is 11.6. The molecule has 19 heavy (non-hydrogen) atoms. The molecule has 0 atom stereocenters. The van der Waals surface area contributed by atoms with Gasteiger partial charge in [-0.05, 0) is 23.1 Å². The number of rotatable bonds is 6. The average Bonchev–Trinajstić information content (AvgIpc) is 2.81. The molecule has 0 aromatic heterocycles. The Morgan fingerprint density at radius 2 is 1.95 bits per heavy atom. The molecule has 0 fully saturated rings. The molecule has 0 saturated carbocycles. The minimum atomic E-state index is -3.37. The van der Waals surface area contributed by atoms with Gasteiger partial charge >= 0.3 is 0 Å². The Morgan fingerprint density at radius 1 is 1.21 bits per heavy atom. The maximum absolute atomic E-state index is 11.6. The van der Waals surface area contributed by atoms with E-state index < -0.39 is 10.2 Å². The van der Waals surface area contributed by atoms with Gasteiger partial charge in [-0.1, -0.05) is 25.1 Å². The summed E-state index contributed by atoms with van der Waals surface area (Å²) < 4.78 is 28.1. The van der Waals surface area contributed by atoms with Gasteiger partial charge in [-0.15, -0.1) is 12.4 Å². The predicted molar refractivity (Wildman–Crippen MR) is 78.3 cm³/mol. The number of nitrogens with one attached hydrogen (secondary N) is 3. The highest BCUT2D eigenvalue weighted by Gasteiger charge is 2.12. The lowest BCUT2D eigenvalue weighted by atomic mass is 10.1. The molecule has 1 aliphatic heterocycles. The molecule has 0 amide bonds. The van der Waals surface area contributed by atoms with E-state index in [4.69, 9.17) is 0 Å². The Morgan fingerprint density at radius 3 is 2.68 bits per heavy atom. The van der Waals surface area contributed by atoms with Crippen LogP contribution >= 0.6 is 12.4 Å². The van der Waals surface area contributed by atoms with E-state index in [1.165, 1.54) is 11.1 Å². The molecule has 5 nitrogen and oxygen atoms in total. The van der Waals surface area contributed by atoms with E-state index in [-0.39, 0.29) is 12.4 Å². The second-order valence-corrected chi connectivity index (χ2v) is 6.01. The second kappa shape index (κ2) is 7.21. The number of fused-ring (bicyclic) bond motifs is 1. The van der Waals surface area contributed by atoms with Crippen LogP contribution in [0.15, 0.2) is 18.2 Å². The van der Waals surface area contributed by atoms with Crippen molar-refractivity contribution in [3.63, 3.8) is 0 Å². The van der Waals surface area contributed by atoms with E-state index in [1.807, 2.05) is 13.0 Å². The van der Waals surface area contributed by atoms with E-state index in [2.05, 4.69) is 26.9 Å². The van der Waals surface area contributed by atoms with Gasteiger partial charge in [0, 0.05) is 26.2 Å². The zero-order valence-corrected chi connectivity index (χ0v) is 12.5. The maximum Gasteiger partial charge on any atom is 0.277 e. The first-order valence-corrected chi connectivity index (χ1v) is 7.64. The zero-order chi connectivity index (χ0) is 13.0. The molecule has 1 aromatic carbocycles. The first-order valence-electron chi connectivity index (χ1n) is 6.16. The lowest BCUT2D eigenvalue weighted by molar-refractivity contribution is 0.565. The summed E-state index contributed by atoms with van der Waals surface area (Å²) >= 11 is 0. The Hall–Kier alpha value is -0.660.